The van der Waals surface area contributed by atoms with Crippen LogP contribution in [-0.4, -0.2) is 28.7 Å². The second kappa shape index (κ2) is 6.29. The Morgan fingerprint density at radius 2 is 1.89 bits per heavy atom. The van der Waals surface area contributed by atoms with Crippen molar-refractivity contribution in [1.82, 2.24) is 0 Å². The maximum Gasteiger partial charge on any atom is 0.211 e. The summed E-state index contributed by atoms with van der Waals surface area (Å²) >= 11 is 0. The highest BCUT2D eigenvalue weighted by atomic mass is 16.3. The number of ketones is 1. The van der Waals surface area contributed by atoms with E-state index in [1.807, 2.05) is 6.21 Å². The van der Waals surface area contributed by atoms with Crippen molar-refractivity contribution in [1.29, 1.82) is 0 Å². The van der Waals surface area contributed by atoms with Gasteiger partial charge in [-0.3, -0.25) is 4.79 Å². The molecule has 0 aromatic rings. The zero-order valence-corrected chi connectivity index (χ0v) is 16.7. The number of Topliss-reactive ketones (excluding diaryl/α,β-unsaturated/α-hetero) is 1. The Bertz CT molecular complexity index is 688. The summed E-state index contributed by atoms with van der Waals surface area (Å²) in [5, 5.41) is 19.8. The third-order valence-electron chi connectivity index (χ3n) is 9.16. The highest BCUT2D eigenvalue weighted by molar-refractivity contribution is 5.79. The van der Waals surface area contributed by atoms with Crippen molar-refractivity contribution in [2.75, 3.05) is 0 Å². The molecule has 0 aromatic carbocycles. The van der Waals surface area contributed by atoms with Gasteiger partial charge in [0, 0.05) is 30.4 Å². The molecule has 4 aliphatic carbocycles. The molecule has 0 heterocycles. The predicted molar refractivity (Wildman–Crippen MR) is 106 cm³/mol. The molecule has 4 fully saturated rings. The van der Waals surface area contributed by atoms with Crippen molar-refractivity contribution in [3.8, 4) is 0 Å². The SMILES string of the molecule is C[C@]12CCC(=O)C[C@H]1CC[C@@H]1[C@@H]2CC[C@]2(C)[C@@H](/C=N/N=C(N)N)CC[C@]12O. The third kappa shape index (κ3) is 2.66. The fourth-order valence-corrected chi connectivity index (χ4v) is 7.47. The normalized spacial score (nSPS) is 49.4. The summed E-state index contributed by atoms with van der Waals surface area (Å²) in [5.74, 6) is 1.96. The van der Waals surface area contributed by atoms with Crippen LogP contribution >= 0.6 is 0 Å². The molecule has 4 rings (SSSR count). The van der Waals surface area contributed by atoms with E-state index < -0.39 is 5.60 Å². The third-order valence-corrected chi connectivity index (χ3v) is 9.16. The molecule has 0 aliphatic heterocycles. The average Bonchev–Trinajstić information content (AvgIpc) is 2.87. The largest absolute Gasteiger partial charge is 0.389 e. The van der Waals surface area contributed by atoms with Gasteiger partial charge in [0.05, 0.1) is 5.60 Å². The molecule has 4 saturated carbocycles. The molecule has 0 saturated heterocycles. The van der Waals surface area contributed by atoms with Crippen LogP contribution in [-0.2, 0) is 4.79 Å². The monoisotopic (exact) mass is 374 g/mol. The Hall–Kier alpha value is -1.43. The summed E-state index contributed by atoms with van der Waals surface area (Å²) in [6, 6.07) is 0. The molecule has 27 heavy (non-hydrogen) atoms. The fourth-order valence-electron chi connectivity index (χ4n) is 7.47. The van der Waals surface area contributed by atoms with Crippen molar-refractivity contribution in [3.63, 3.8) is 0 Å². The summed E-state index contributed by atoms with van der Waals surface area (Å²) in [7, 11) is 0. The standard InChI is InChI=1S/C21H34N4O2/c1-19-8-6-15(26)11-13(19)3-4-17-16(19)7-9-20(2)14(5-10-21(17,20)27)12-24-25-18(22)23/h12-14,16-17,27H,3-11H2,1-2H3,(H4,22,23,25)/b24-12+/t13-,14-,16+,17-,19+,20-,21+/m1/s1. The Morgan fingerprint density at radius 1 is 1.11 bits per heavy atom. The zero-order valence-electron chi connectivity index (χ0n) is 16.7. The molecule has 150 valence electrons. The van der Waals surface area contributed by atoms with Gasteiger partial charge in [-0.2, -0.15) is 5.10 Å². The van der Waals surface area contributed by atoms with E-state index >= 15 is 0 Å². The minimum absolute atomic E-state index is 0.0357. The highest BCUT2D eigenvalue weighted by Crippen LogP contribution is 2.68. The quantitative estimate of drug-likeness (QED) is 0.391. The molecular formula is C21H34N4O2. The van der Waals surface area contributed by atoms with E-state index in [2.05, 4.69) is 24.1 Å². The van der Waals surface area contributed by atoms with E-state index in [-0.39, 0.29) is 22.7 Å². The van der Waals surface area contributed by atoms with Crippen LogP contribution in [0.4, 0.5) is 0 Å². The van der Waals surface area contributed by atoms with Crippen LogP contribution in [0.15, 0.2) is 10.2 Å². The Kier molecular flexibility index (Phi) is 4.41. The van der Waals surface area contributed by atoms with Crippen molar-refractivity contribution >= 4 is 18.0 Å². The minimum Gasteiger partial charge on any atom is -0.389 e. The maximum atomic E-state index is 12.0. The second-order valence-electron chi connectivity index (χ2n) is 10.1. The number of nitrogens with zero attached hydrogens (tertiary/aromatic N) is 2. The summed E-state index contributed by atoms with van der Waals surface area (Å²) in [4.78, 5) is 12.0. The molecule has 0 radical (unpaired) electrons. The molecule has 7 atom stereocenters. The molecule has 0 aromatic heterocycles. The molecule has 0 unspecified atom stereocenters. The number of aliphatic hydroxyl groups is 1. The van der Waals surface area contributed by atoms with Crippen LogP contribution in [0.25, 0.3) is 0 Å². The number of guanidine groups is 1. The fraction of sp³-hybridized carbons (Fsp3) is 0.857. The van der Waals surface area contributed by atoms with Gasteiger partial charge in [0.1, 0.15) is 5.78 Å². The van der Waals surface area contributed by atoms with Gasteiger partial charge in [0.15, 0.2) is 0 Å². The topological polar surface area (TPSA) is 114 Å². The lowest BCUT2D eigenvalue weighted by Gasteiger charge is -2.63. The smallest absolute Gasteiger partial charge is 0.211 e. The Labute approximate surface area is 161 Å². The van der Waals surface area contributed by atoms with Crippen LogP contribution in [0.2, 0.25) is 0 Å². The lowest BCUT2D eigenvalue weighted by Crippen LogP contribution is -2.62. The molecule has 4 aliphatic rings. The second-order valence-corrected chi connectivity index (χ2v) is 10.1. The zero-order chi connectivity index (χ0) is 19.4. The van der Waals surface area contributed by atoms with Crippen molar-refractivity contribution in [2.24, 2.45) is 56.2 Å². The molecule has 0 amide bonds. The first-order valence-corrected chi connectivity index (χ1v) is 10.6. The van der Waals surface area contributed by atoms with Gasteiger partial charge < -0.3 is 16.6 Å². The van der Waals surface area contributed by atoms with E-state index in [1.54, 1.807) is 0 Å². The van der Waals surface area contributed by atoms with Gasteiger partial charge in [-0.05, 0) is 68.1 Å². The maximum absolute atomic E-state index is 12.0. The van der Waals surface area contributed by atoms with Crippen LogP contribution in [0.3, 0.4) is 0 Å². The summed E-state index contributed by atoms with van der Waals surface area (Å²) < 4.78 is 0. The van der Waals surface area contributed by atoms with Gasteiger partial charge in [-0.15, -0.1) is 5.10 Å². The average molecular weight is 375 g/mol. The number of hydrogen-bond acceptors (Lipinski definition) is 4. The number of fused-ring (bicyclic) bond motifs is 5. The number of carbonyl (C=O) groups is 1. The minimum atomic E-state index is -0.653. The lowest BCUT2D eigenvalue weighted by molar-refractivity contribution is -0.201. The van der Waals surface area contributed by atoms with Gasteiger partial charge in [-0.1, -0.05) is 13.8 Å². The van der Waals surface area contributed by atoms with E-state index in [0.29, 0.717) is 23.5 Å². The molecule has 6 heteroatoms. The van der Waals surface area contributed by atoms with E-state index in [4.69, 9.17) is 11.5 Å². The first-order chi connectivity index (χ1) is 12.7. The van der Waals surface area contributed by atoms with Crippen LogP contribution in [0.5, 0.6) is 0 Å². The van der Waals surface area contributed by atoms with Gasteiger partial charge in [0.25, 0.3) is 0 Å². The summed E-state index contributed by atoms with van der Waals surface area (Å²) in [6.45, 7) is 4.64. The summed E-state index contributed by atoms with van der Waals surface area (Å²) in [6.07, 6.45) is 10.3. The predicted octanol–water partition coefficient (Wildman–Crippen LogP) is 2.59. The van der Waals surface area contributed by atoms with Crippen molar-refractivity contribution < 1.29 is 9.90 Å². The molecular weight excluding hydrogens is 340 g/mol. The highest BCUT2D eigenvalue weighted by Gasteiger charge is 2.66. The van der Waals surface area contributed by atoms with Gasteiger partial charge in [0.2, 0.25) is 5.96 Å². The van der Waals surface area contributed by atoms with Gasteiger partial charge >= 0.3 is 0 Å². The lowest BCUT2D eigenvalue weighted by atomic mass is 9.43. The van der Waals surface area contributed by atoms with Crippen LogP contribution in [0, 0.1) is 34.5 Å². The van der Waals surface area contributed by atoms with Crippen LogP contribution in [0.1, 0.15) is 71.6 Å². The van der Waals surface area contributed by atoms with E-state index in [1.165, 1.54) is 0 Å². The van der Waals surface area contributed by atoms with Crippen molar-refractivity contribution in [3.05, 3.63) is 0 Å². The Morgan fingerprint density at radius 3 is 2.63 bits per heavy atom. The number of nitrogens with two attached hydrogens (primary N) is 2. The molecule has 6 nitrogen and oxygen atoms in total. The molecule has 0 bridgehead atoms. The van der Waals surface area contributed by atoms with Gasteiger partial charge in [-0.25, -0.2) is 0 Å². The van der Waals surface area contributed by atoms with Crippen LogP contribution < -0.4 is 11.5 Å². The van der Waals surface area contributed by atoms with E-state index in [9.17, 15) is 9.90 Å². The molecule has 5 N–H and O–H groups in total. The number of rotatable bonds is 2. The Balaban J connectivity index is 1.61. The summed E-state index contributed by atoms with van der Waals surface area (Å²) in [5.41, 5.74) is 10.1. The number of hydrogen-bond donors (Lipinski definition) is 3. The van der Waals surface area contributed by atoms with E-state index in [0.717, 1.165) is 57.8 Å². The molecule has 0 spiro atoms. The first-order valence-electron chi connectivity index (χ1n) is 10.6. The first kappa shape index (κ1) is 18.9. The number of carbonyl (C=O) groups excluding carboxylic acids is 1. The van der Waals surface area contributed by atoms with Crippen molar-refractivity contribution in [2.45, 2.75) is 77.2 Å².